The summed E-state index contributed by atoms with van der Waals surface area (Å²) in [5.41, 5.74) is 0.993. The summed E-state index contributed by atoms with van der Waals surface area (Å²) in [5.74, 6) is -1.37. The van der Waals surface area contributed by atoms with E-state index in [9.17, 15) is 18.8 Å². The molecule has 36 heavy (non-hydrogen) atoms. The Hall–Kier alpha value is -3.70. The van der Waals surface area contributed by atoms with Crippen molar-refractivity contribution in [1.82, 2.24) is 15.2 Å². The monoisotopic (exact) mass is 506 g/mol. The minimum Gasteiger partial charge on any atom is -0.349 e. The molecule has 0 radical (unpaired) electrons. The summed E-state index contributed by atoms with van der Waals surface area (Å²) in [7, 11) is 0. The summed E-state index contributed by atoms with van der Waals surface area (Å²) in [6.07, 6.45) is 6.08. The highest BCUT2D eigenvalue weighted by molar-refractivity contribution is 6.31. The van der Waals surface area contributed by atoms with Crippen molar-refractivity contribution in [2.45, 2.75) is 56.7 Å². The molecule has 2 amide bonds. The molecule has 2 aliphatic rings. The van der Waals surface area contributed by atoms with Gasteiger partial charge in [0.05, 0.1) is 22.2 Å². The Morgan fingerprint density at radius 3 is 2.17 bits per heavy atom. The van der Waals surface area contributed by atoms with Gasteiger partial charge in [0.25, 0.3) is 11.8 Å². The van der Waals surface area contributed by atoms with E-state index in [2.05, 4.69) is 10.6 Å². The first-order valence-electron chi connectivity index (χ1n) is 12.0. The molecule has 5 rings (SSSR count). The van der Waals surface area contributed by atoms with Crippen LogP contribution in [0.25, 0.3) is 10.9 Å². The number of nitriles is 1. The fourth-order valence-electron chi connectivity index (χ4n) is 4.77. The molecule has 1 aromatic heterocycles. The summed E-state index contributed by atoms with van der Waals surface area (Å²) in [5, 5.41) is 14.9. The molecule has 0 bridgehead atoms. The van der Waals surface area contributed by atoms with Crippen molar-refractivity contribution < 1.29 is 14.0 Å². The van der Waals surface area contributed by atoms with Gasteiger partial charge in [0.2, 0.25) is 5.43 Å². The minimum atomic E-state index is -0.692. The Labute approximate surface area is 211 Å². The fraction of sp³-hybridized carbons (Fsp3) is 0.333. The predicted octanol–water partition coefficient (Wildman–Crippen LogP) is 4.47. The van der Waals surface area contributed by atoms with Gasteiger partial charge in [0, 0.05) is 35.3 Å². The molecule has 0 atom stereocenters. The molecule has 184 valence electrons. The first-order chi connectivity index (χ1) is 17.3. The number of halogens is 2. The molecule has 2 fully saturated rings. The molecule has 0 saturated heterocycles. The molecular formula is C27H24ClFN4O3. The van der Waals surface area contributed by atoms with E-state index in [4.69, 9.17) is 16.9 Å². The maximum atomic E-state index is 14.1. The highest BCUT2D eigenvalue weighted by Gasteiger charge is 2.29. The van der Waals surface area contributed by atoms with Crippen LogP contribution in [0.2, 0.25) is 5.02 Å². The van der Waals surface area contributed by atoms with Crippen molar-refractivity contribution in [3.05, 3.63) is 80.3 Å². The lowest BCUT2D eigenvalue weighted by Gasteiger charge is -2.29. The van der Waals surface area contributed by atoms with Crippen LogP contribution in [0, 0.1) is 17.1 Å². The lowest BCUT2D eigenvalue weighted by atomic mass is 9.90. The highest BCUT2D eigenvalue weighted by atomic mass is 35.5. The quantitative estimate of drug-likeness (QED) is 0.532. The topological polar surface area (TPSA) is 104 Å². The van der Waals surface area contributed by atoms with E-state index in [0.29, 0.717) is 42.3 Å². The second-order valence-corrected chi connectivity index (χ2v) is 9.89. The van der Waals surface area contributed by atoms with Gasteiger partial charge in [-0.1, -0.05) is 11.6 Å². The zero-order valence-electron chi connectivity index (χ0n) is 19.4. The van der Waals surface area contributed by atoms with E-state index >= 15 is 0 Å². The van der Waals surface area contributed by atoms with E-state index in [0.717, 1.165) is 18.9 Å². The van der Waals surface area contributed by atoms with E-state index in [1.807, 2.05) is 10.6 Å². The van der Waals surface area contributed by atoms with E-state index in [1.165, 1.54) is 6.07 Å². The van der Waals surface area contributed by atoms with Crippen molar-refractivity contribution in [3.63, 3.8) is 0 Å². The van der Waals surface area contributed by atoms with Gasteiger partial charge in [0.1, 0.15) is 11.4 Å². The molecule has 0 aliphatic heterocycles. The van der Waals surface area contributed by atoms with Crippen LogP contribution in [-0.2, 0) is 0 Å². The molecule has 2 saturated carbocycles. The third-order valence-corrected chi connectivity index (χ3v) is 7.22. The van der Waals surface area contributed by atoms with Gasteiger partial charge >= 0.3 is 0 Å². The normalized spacial score (nSPS) is 19.5. The first-order valence-corrected chi connectivity index (χ1v) is 12.4. The number of nitrogens with one attached hydrogen (secondary N) is 2. The van der Waals surface area contributed by atoms with Crippen LogP contribution < -0.4 is 16.1 Å². The molecule has 2 aromatic carbocycles. The van der Waals surface area contributed by atoms with Gasteiger partial charge in [-0.15, -0.1) is 0 Å². The van der Waals surface area contributed by atoms with Gasteiger partial charge in [-0.25, -0.2) is 4.39 Å². The summed E-state index contributed by atoms with van der Waals surface area (Å²) in [6, 6.07) is 11.0. The molecular weight excluding hydrogens is 483 g/mol. The molecule has 9 heteroatoms. The van der Waals surface area contributed by atoms with Crippen LogP contribution in [0.3, 0.4) is 0 Å². The molecule has 3 aromatic rings. The number of hydrogen-bond acceptors (Lipinski definition) is 4. The van der Waals surface area contributed by atoms with Crippen LogP contribution >= 0.6 is 11.6 Å². The fourth-order valence-corrected chi connectivity index (χ4v) is 4.93. The average molecular weight is 507 g/mol. The Kier molecular flexibility index (Phi) is 6.50. The number of aromatic nitrogens is 1. The smallest absolute Gasteiger partial charge is 0.256 e. The number of rotatable bonds is 5. The van der Waals surface area contributed by atoms with Crippen LogP contribution in [0.5, 0.6) is 0 Å². The number of carbonyl (C=O) groups is 2. The molecule has 2 aliphatic carbocycles. The number of benzene rings is 2. The van der Waals surface area contributed by atoms with Gasteiger partial charge < -0.3 is 15.2 Å². The van der Waals surface area contributed by atoms with E-state index in [1.54, 1.807) is 30.5 Å². The van der Waals surface area contributed by atoms with Crippen molar-refractivity contribution in [2.24, 2.45) is 0 Å². The number of pyridine rings is 1. The molecule has 0 spiro atoms. The van der Waals surface area contributed by atoms with Gasteiger partial charge in [0.15, 0.2) is 0 Å². The summed E-state index contributed by atoms with van der Waals surface area (Å²) in [4.78, 5) is 38.7. The van der Waals surface area contributed by atoms with Crippen molar-refractivity contribution in [2.75, 3.05) is 0 Å². The third kappa shape index (κ3) is 4.84. The SMILES string of the molecule is N#Cc1ccc(C(=O)NC2CCC(NC(=O)c3cn(C4CC4)c4cc(Cl)c(F)cc4c3=O)CC2)cc1. The first kappa shape index (κ1) is 24.0. The maximum absolute atomic E-state index is 14.1. The summed E-state index contributed by atoms with van der Waals surface area (Å²) in [6.45, 7) is 0. The molecule has 0 unspecified atom stereocenters. The highest BCUT2D eigenvalue weighted by Crippen LogP contribution is 2.37. The molecule has 7 nitrogen and oxygen atoms in total. The molecule has 1 heterocycles. The lowest BCUT2D eigenvalue weighted by molar-refractivity contribution is 0.0891. The Morgan fingerprint density at radius 2 is 1.58 bits per heavy atom. The Bertz CT molecular complexity index is 1450. The number of hydrogen-bond donors (Lipinski definition) is 2. The van der Waals surface area contributed by atoms with Crippen LogP contribution in [0.4, 0.5) is 4.39 Å². The minimum absolute atomic E-state index is 0.00707. The van der Waals surface area contributed by atoms with Crippen molar-refractivity contribution in [1.29, 1.82) is 5.26 Å². The number of nitrogens with zero attached hydrogens (tertiary/aromatic N) is 2. The van der Waals surface area contributed by atoms with Crippen LogP contribution in [0.15, 0.2) is 47.4 Å². The van der Waals surface area contributed by atoms with Gasteiger partial charge in [-0.3, -0.25) is 14.4 Å². The second kappa shape index (κ2) is 9.75. The summed E-state index contributed by atoms with van der Waals surface area (Å²) >= 11 is 5.95. The zero-order chi connectivity index (χ0) is 25.4. The Balaban J connectivity index is 1.25. The second-order valence-electron chi connectivity index (χ2n) is 9.48. The van der Waals surface area contributed by atoms with Crippen molar-refractivity contribution in [3.8, 4) is 6.07 Å². The van der Waals surface area contributed by atoms with Crippen LogP contribution in [0.1, 0.15) is 70.8 Å². The average Bonchev–Trinajstić information content (AvgIpc) is 3.72. The van der Waals surface area contributed by atoms with Crippen molar-refractivity contribution >= 4 is 34.3 Å². The third-order valence-electron chi connectivity index (χ3n) is 6.93. The largest absolute Gasteiger partial charge is 0.349 e. The van der Waals surface area contributed by atoms with Gasteiger partial charge in [-0.2, -0.15) is 5.26 Å². The predicted molar refractivity (Wildman–Crippen MR) is 134 cm³/mol. The maximum Gasteiger partial charge on any atom is 0.256 e. The lowest BCUT2D eigenvalue weighted by Crippen LogP contribution is -2.44. The number of carbonyl (C=O) groups excluding carboxylic acids is 2. The standard InChI is InChI=1S/C27H24ClFN4O3/c28-22-12-24-20(11-23(22)29)25(34)21(14-33(24)19-9-10-19)27(36)32-18-7-5-17(6-8-18)31-26(35)16-3-1-15(13-30)2-4-16/h1-4,11-12,14,17-19H,5-10H2,(H,31,35)(H,32,36). The number of amides is 2. The van der Waals surface area contributed by atoms with E-state index < -0.39 is 17.2 Å². The Morgan fingerprint density at radius 1 is 0.972 bits per heavy atom. The van der Waals surface area contributed by atoms with E-state index in [-0.39, 0.29) is 40.0 Å². The zero-order valence-corrected chi connectivity index (χ0v) is 20.1. The molecule has 2 N–H and O–H groups in total. The van der Waals surface area contributed by atoms with Crippen LogP contribution in [-0.4, -0.2) is 28.5 Å². The van der Waals surface area contributed by atoms with Gasteiger partial charge in [-0.05, 0) is 74.9 Å². The number of fused-ring (bicyclic) bond motifs is 1. The summed E-state index contributed by atoms with van der Waals surface area (Å²) < 4.78 is 16.0.